The van der Waals surface area contributed by atoms with Gasteiger partial charge in [0.2, 0.25) is 0 Å². The van der Waals surface area contributed by atoms with Crippen LogP contribution in [0.5, 0.6) is 0 Å². The molecule has 0 saturated heterocycles. The molecule has 0 amide bonds. The highest BCUT2D eigenvalue weighted by Crippen LogP contribution is 2.17. The molecule has 0 fully saturated rings. The Kier molecular flexibility index (Phi) is 3.90. The van der Waals surface area contributed by atoms with Gasteiger partial charge < -0.3 is 4.74 Å². The van der Waals surface area contributed by atoms with E-state index in [1.54, 1.807) is 24.3 Å². The van der Waals surface area contributed by atoms with Gasteiger partial charge >= 0.3 is 5.97 Å². The van der Waals surface area contributed by atoms with Gasteiger partial charge in [0.1, 0.15) is 6.07 Å². The Balaban J connectivity index is 2.94. The number of hydrogen-bond donors (Lipinski definition) is 0. The molecule has 1 aromatic carbocycles. The molecule has 0 aliphatic heterocycles. The summed E-state index contributed by atoms with van der Waals surface area (Å²) in [4.78, 5) is 10.8. The lowest BCUT2D eigenvalue weighted by Gasteiger charge is -1.96. The van der Waals surface area contributed by atoms with Crippen molar-refractivity contribution >= 4 is 23.6 Å². The zero-order valence-electron chi connectivity index (χ0n) is 8.03. The Morgan fingerprint density at radius 1 is 1.60 bits per heavy atom. The maximum absolute atomic E-state index is 10.8. The molecule has 0 unspecified atom stereocenters. The molecule has 0 radical (unpaired) electrons. The van der Waals surface area contributed by atoms with Gasteiger partial charge in [-0.2, -0.15) is 5.26 Å². The third kappa shape index (κ3) is 3.12. The molecule has 3 nitrogen and oxygen atoms in total. The molecule has 1 aromatic rings. The second kappa shape index (κ2) is 5.18. The number of nitriles is 1. The van der Waals surface area contributed by atoms with Crippen LogP contribution in [0.15, 0.2) is 24.3 Å². The van der Waals surface area contributed by atoms with Crippen LogP contribution in [0.2, 0.25) is 5.02 Å². The third-order valence-corrected chi connectivity index (χ3v) is 2.05. The van der Waals surface area contributed by atoms with Crippen molar-refractivity contribution in [2.75, 3.05) is 7.11 Å². The van der Waals surface area contributed by atoms with Gasteiger partial charge in [-0.15, -0.1) is 0 Å². The average molecular weight is 222 g/mol. The number of rotatable bonds is 2. The number of methoxy groups -OCH3 is 1. The SMILES string of the molecule is COC(=O)C=Cc1ccc(Cl)c(C#N)c1. The zero-order chi connectivity index (χ0) is 11.3. The van der Waals surface area contributed by atoms with Gasteiger partial charge in [-0.3, -0.25) is 0 Å². The van der Waals surface area contributed by atoms with E-state index in [-0.39, 0.29) is 0 Å². The van der Waals surface area contributed by atoms with Gasteiger partial charge in [0.05, 0.1) is 17.7 Å². The summed E-state index contributed by atoms with van der Waals surface area (Å²) < 4.78 is 4.44. The van der Waals surface area contributed by atoms with Crippen LogP contribution in [0.25, 0.3) is 6.08 Å². The first-order valence-corrected chi connectivity index (χ1v) is 4.51. The largest absolute Gasteiger partial charge is 0.466 e. The molecule has 0 atom stereocenters. The molecular weight excluding hydrogens is 214 g/mol. The van der Waals surface area contributed by atoms with Gasteiger partial charge in [0.15, 0.2) is 0 Å². The quantitative estimate of drug-likeness (QED) is 0.569. The normalized spacial score (nSPS) is 9.93. The second-order valence-electron chi connectivity index (χ2n) is 2.71. The number of ether oxygens (including phenoxy) is 1. The summed E-state index contributed by atoms with van der Waals surface area (Å²) in [6.45, 7) is 0. The first-order valence-electron chi connectivity index (χ1n) is 4.13. The molecule has 15 heavy (non-hydrogen) atoms. The van der Waals surface area contributed by atoms with E-state index in [0.29, 0.717) is 10.6 Å². The van der Waals surface area contributed by atoms with Crippen LogP contribution in [0.4, 0.5) is 0 Å². The van der Waals surface area contributed by atoms with E-state index in [4.69, 9.17) is 16.9 Å². The highest BCUT2D eigenvalue weighted by atomic mass is 35.5. The van der Waals surface area contributed by atoms with Crippen LogP contribution in [-0.4, -0.2) is 13.1 Å². The van der Waals surface area contributed by atoms with E-state index >= 15 is 0 Å². The van der Waals surface area contributed by atoms with Gasteiger partial charge in [-0.1, -0.05) is 17.7 Å². The molecule has 0 aliphatic rings. The number of halogens is 1. The lowest BCUT2D eigenvalue weighted by Crippen LogP contribution is -1.93. The van der Waals surface area contributed by atoms with Crippen LogP contribution in [0.1, 0.15) is 11.1 Å². The molecule has 0 heterocycles. The Morgan fingerprint density at radius 2 is 2.33 bits per heavy atom. The topological polar surface area (TPSA) is 50.1 Å². The number of hydrogen-bond acceptors (Lipinski definition) is 3. The van der Waals surface area contributed by atoms with Crippen molar-refractivity contribution in [3.8, 4) is 6.07 Å². The van der Waals surface area contributed by atoms with E-state index in [9.17, 15) is 4.79 Å². The number of carbonyl (C=O) groups excluding carboxylic acids is 1. The van der Waals surface area contributed by atoms with Gasteiger partial charge in [-0.05, 0) is 23.8 Å². The van der Waals surface area contributed by atoms with E-state index < -0.39 is 5.97 Å². The van der Waals surface area contributed by atoms with E-state index in [1.807, 2.05) is 6.07 Å². The standard InChI is InChI=1S/C11H8ClNO2/c1-15-11(14)5-3-8-2-4-10(12)9(6-8)7-13/h2-6H,1H3. The Bertz CT molecular complexity index is 446. The predicted octanol–water partition coefficient (Wildman–Crippen LogP) is 2.40. The molecule has 0 spiro atoms. The van der Waals surface area contributed by atoms with Crippen LogP contribution >= 0.6 is 11.6 Å². The average Bonchev–Trinajstić information content (AvgIpc) is 2.27. The molecule has 0 aliphatic carbocycles. The van der Waals surface area contributed by atoms with Gasteiger partial charge in [0.25, 0.3) is 0 Å². The second-order valence-corrected chi connectivity index (χ2v) is 3.11. The molecule has 0 bridgehead atoms. The molecular formula is C11H8ClNO2. The van der Waals surface area contributed by atoms with Crippen LogP contribution in [0.3, 0.4) is 0 Å². The molecule has 0 N–H and O–H groups in total. The Hall–Kier alpha value is -1.79. The van der Waals surface area contributed by atoms with Crippen molar-refractivity contribution in [1.29, 1.82) is 5.26 Å². The minimum atomic E-state index is -0.441. The van der Waals surface area contributed by atoms with Crippen LogP contribution in [0, 0.1) is 11.3 Å². The van der Waals surface area contributed by atoms with Crippen molar-refractivity contribution in [3.05, 3.63) is 40.4 Å². The smallest absolute Gasteiger partial charge is 0.330 e. The van der Waals surface area contributed by atoms with Crippen molar-refractivity contribution in [3.63, 3.8) is 0 Å². The molecule has 76 valence electrons. The fourth-order valence-electron chi connectivity index (χ4n) is 0.965. The summed E-state index contributed by atoms with van der Waals surface area (Å²) in [6, 6.07) is 6.87. The lowest BCUT2D eigenvalue weighted by molar-refractivity contribution is -0.134. The predicted molar refractivity (Wildman–Crippen MR) is 57.2 cm³/mol. The number of carbonyl (C=O) groups is 1. The van der Waals surface area contributed by atoms with E-state index in [2.05, 4.69) is 4.74 Å². The summed E-state index contributed by atoms with van der Waals surface area (Å²) in [6.07, 6.45) is 2.84. The summed E-state index contributed by atoms with van der Waals surface area (Å²) in [5.74, 6) is -0.441. The molecule has 0 aromatic heterocycles. The van der Waals surface area contributed by atoms with Gasteiger partial charge in [0, 0.05) is 6.08 Å². The van der Waals surface area contributed by atoms with Gasteiger partial charge in [-0.25, -0.2) is 4.79 Å². The zero-order valence-corrected chi connectivity index (χ0v) is 8.78. The van der Waals surface area contributed by atoms with Crippen molar-refractivity contribution in [2.45, 2.75) is 0 Å². The van der Waals surface area contributed by atoms with E-state index in [1.165, 1.54) is 13.2 Å². The van der Waals surface area contributed by atoms with Crippen molar-refractivity contribution in [2.24, 2.45) is 0 Å². The first-order chi connectivity index (χ1) is 7.17. The number of benzene rings is 1. The highest BCUT2D eigenvalue weighted by molar-refractivity contribution is 6.31. The summed E-state index contributed by atoms with van der Waals surface area (Å²) >= 11 is 5.75. The number of esters is 1. The molecule has 1 rings (SSSR count). The van der Waals surface area contributed by atoms with Crippen molar-refractivity contribution in [1.82, 2.24) is 0 Å². The minimum Gasteiger partial charge on any atom is -0.466 e. The maximum atomic E-state index is 10.8. The first kappa shape index (κ1) is 11.3. The van der Waals surface area contributed by atoms with E-state index in [0.717, 1.165) is 5.56 Å². The maximum Gasteiger partial charge on any atom is 0.330 e. The summed E-state index contributed by atoms with van der Waals surface area (Å²) in [7, 11) is 1.30. The Morgan fingerprint density at radius 3 is 2.93 bits per heavy atom. The van der Waals surface area contributed by atoms with Crippen molar-refractivity contribution < 1.29 is 9.53 Å². The monoisotopic (exact) mass is 221 g/mol. The lowest BCUT2D eigenvalue weighted by atomic mass is 10.1. The highest BCUT2D eigenvalue weighted by Gasteiger charge is 1.99. The third-order valence-electron chi connectivity index (χ3n) is 1.72. The molecule has 4 heteroatoms. The van der Waals surface area contributed by atoms with Crippen LogP contribution in [-0.2, 0) is 9.53 Å². The van der Waals surface area contributed by atoms with Crippen LogP contribution < -0.4 is 0 Å². The Labute approximate surface area is 92.5 Å². The summed E-state index contributed by atoms with van der Waals surface area (Å²) in [5, 5.41) is 9.11. The minimum absolute atomic E-state index is 0.378. The fraction of sp³-hybridized carbons (Fsp3) is 0.0909. The number of nitrogens with zero attached hydrogens (tertiary/aromatic N) is 1. The molecule has 0 saturated carbocycles. The summed E-state index contributed by atoms with van der Waals surface area (Å²) in [5.41, 5.74) is 1.10. The fourth-order valence-corrected chi connectivity index (χ4v) is 1.12.